The molecule has 0 spiro atoms. The Hall–Kier alpha value is -2.80. The van der Waals surface area contributed by atoms with Crippen molar-refractivity contribution >= 4 is 11.6 Å². The fourth-order valence-corrected chi connectivity index (χ4v) is 2.64. The molecule has 3 aromatic rings. The first kappa shape index (κ1) is 17.0. The van der Waals surface area contributed by atoms with E-state index in [1.165, 1.54) is 4.68 Å². The van der Waals surface area contributed by atoms with Crippen LogP contribution in [0.25, 0.3) is 5.69 Å². The third-order valence-electron chi connectivity index (χ3n) is 3.95. The van der Waals surface area contributed by atoms with Crippen molar-refractivity contribution in [2.75, 3.05) is 0 Å². The average molecular weight is 361 g/mol. The van der Waals surface area contributed by atoms with Crippen molar-refractivity contribution in [1.82, 2.24) is 19.8 Å². The van der Waals surface area contributed by atoms with Crippen LogP contribution in [-0.4, -0.2) is 24.9 Å². The summed E-state index contributed by atoms with van der Waals surface area (Å²) in [6.45, 7) is 3.96. The molecule has 0 amide bonds. The molecule has 2 aromatic carbocycles. The van der Waals surface area contributed by atoms with Gasteiger partial charge in [0, 0.05) is 18.7 Å². The third-order valence-corrected chi connectivity index (χ3v) is 4.25. The van der Waals surface area contributed by atoms with Gasteiger partial charge in [0.2, 0.25) is 0 Å². The van der Waals surface area contributed by atoms with Gasteiger partial charge in [0.15, 0.2) is 0 Å². The number of nitrogens with zero attached hydrogens (tertiary/aromatic N) is 4. The van der Waals surface area contributed by atoms with Crippen molar-refractivity contribution in [3.8, 4) is 17.2 Å². The number of hydrogen-bond donors (Lipinski definition) is 1. The molecule has 25 heavy (non-hydrogen) atoms. The number of aromatic hydroxyl groups is 1. The Kier molecular flexibility index (Phi) is 4.50. The van der Waals surface area contributed by atoms with Crippen molar-refractivity contribution in [2.45, 2.75) is 20.5 Å². The van der Waals surface area contributed by atoms with Gasteiger partial charge in [0.05, 0.1) is 10.7 Å². The first-order valence-corrected chi connectivity index (χ1v) is 7.96. The van der Waals surface area contributed by atoms with Gasteiger partial charge in [-0.15, -0.1) is 0 Å². The number of rotatable bonds is 4. The van der Waals surface area contributed by atoms with Gasteiger partial charge in [-0.3, -0.25) is 0 Å². The smallest absolute Gasteiger partial charge is 0.368 e. The van der Waals surface area contributed by atoms with E-state index in [0.717, 1.165) is 21.4 Å². The number of benzene rings is 2. The molecular formula is C17H17ClN4O3. The summed E-state index contributed by atoms with van der Waals surface area (Å²) in [6.07, 6.45) is 0. The molecule has 0 aliphatic heterocycles. The molecule has 0 saturated carbocycles. The van der Waals surface area contributed by atoms with Gasteiger partial charge >= 0.3 is 5.69 Å². The Labute approximate surface area is 149 Å². The van der Waals surface area contributed by atoms with Gasteiger partial charge in [-0.05, 0) is 47.5 Å². The maximum absolute atomic E-state index is 12.2. The van der Waals surface area contributed by atoms with E-state index >= 15 is 0 Å². The van der Waals surface area contributed by atoms with Gasteiger partial charge in [-0.1, -0.05) is 23.7 Å². The van der Waals surface area contributed by atoms with E-state index in [2.05, 4.69) is 10.4 Å². The van der Waals surface area contributed by atoms with E-state index in [1.54, 1.807) is 25.2 Å². The zero-order chi connectivity index (χ0) is 18.1. The molecule has 8 heteroatoms. The molecular weight excluding hydrogens is 344 g/mol. The molecule has 0 aliphatic rings. The van der Waals surface area contributed by atoms with Crippen molar-refractivity contribution in [3.05, 3.63) is 62.5 Å². The predicted octanol–water partition coefficient (Wildman–Crippen LogP) is 2.52. The van der Waals surface area contributed by atoms with Crippen molar-refractivity contribution in [1.29, 1.82) is 0 Å². The number of aryl methyl sites for hydroxylation is 3. The van der Waals surface area contributed by atoms with Crippen LogP contribution in [0.1, 0.15) is 16.7 Å². The maximum atomic E-state index is 12.2. The summed E-state index contributed by atoms with van der Waals surface area (Å²) in [6, 6.07) is 8.68. The van der Waals surface area contributed by atoms with Crippen LogP contribution in [0.15, 0.2) is 35.1 Å². The lowest BCUT2D eigenvalue weighted by Gasteiger charge is -2.14. The summed E-state index contributed by atoms with van der Waals surface area (Å²) in [7, 11) is 1.54. The van der Waals surface area contributed by atoms with Gasteiger partial charge in [-0.2, -0.15) is 9.36 Å². The van der Waals surface area contributed by atoms with Gasteiger partial charge in [-0.25, -0.2) is 4.79 Å². The second kappa shape index (κ2) is 6.60. The second-order valence-corrected chi connectivity index (χ2v) is 6.13. The molecule has 3 rings (SSSR count). The Morgan fingerprint density at radius 2 is 1.96 bits per heavy atom. The van der Waals surface area contributed by atoms with E-state index < -0.39 is 0 Å². The Bertz CT molecular complexity index is 994. The zero-order valence-electron chi connectivity index (χ0n) is 14.0. The molecule has 1 heterocycles. The van der Waals surface area contributed by atoms with E-state index in [4.69, 9.17) is 16.3 Å². The predicted molar refractivity (Wildman–Crippen MR) is 93.5 cm³/mol. The van der Waals surface area contributed by atoms with Crippen molar-refractivity contribution in [2.24, 2.45) is 7.05 Å². The van der Waals surface area contributed by atoms with Crippen LogP contribution in [0.3, 0.4) is 0 Å². The van der Waals surface area contributed by atoms with Crippen LogP contribution in [0, 0.1) is 13.8 Å². The van der Waals surface area contributed by atoms with Gasteiger partial charge < -0.3 is 9.84 Å². The van der Waals surface area contributed by atoms with E-state index in [1.807, 2.05) is 26.0 Å². The van der Waals surface area contributed by atoms with E-state index in [9.17, 15) is 9.90 Å². The van der Waals surface area contributed by atoms with Crippen molar-refractivity contribution < 1.29 is 9.84 Å². The summed E-state index contributed by atoms with van der Waals surface area (Å²) in [5, 5.41) is 17.5. The number of ether oxygens (including phenoxy) is 1. The summed E-state index contributed by atoms with van der Waals surface area (Å²) in [5.41, 5.74) is 2.80. The summed E-state index contributed by atoms with van der Waals surface area (Å²) in [5.74, 6) is 0.567. The van der Waals surface area contributed by atoms with Crippen LogP contribution in [0.4, 0.5) is 0 Å². The lowest BCUT2D eigenvalue weighted by atomic mass is 10.1. The lowest BCUT2D eigenvalue weighted by molar-refractivity contribution is 0.302. The summed E-state index contributed by atoms with van der Waals surface area (Å²) >= 11 is 5.95. The number of phenols is 1. The number of tetrazole rings is 1. The molecule has 130 valence electrons. The molecule has 0 atom stereocenters. The number of halogens is 1. The summed E-state index contributed by atoms with van der Waals surface area (Å²) in [4.78, 5) is 12.2. The highest BCUT2D eigenvalue weighted by Gasteiger charge is 2.14. The van der Waals surface area contributed by atoms with Crippen LogP contribution in [-0.2, 0) is 13.7 Å². The fraction of sp³-hybridized carbons (Fsp3) is 0.235. The second-order valence-electron chi connectivity index (χ2n) is 5.73. The molecule has 0 unspecified atom stereocenters. The monoisotopic (exact) mass is 360 g/mol. The highest BCUT2D eigenvalue weighted by Crippen LogP contribution is 2.32. The van der Waals surface area contributed by atoms with Crippen LogP contribution >= 0.6 is 11.6 Å². The minimum atomic E-state index is -0.337. The third kappa shape index (κ3) is 3.23. The molecule has 0 radical (unpaired) electrons. The van der Waals surface area contributed by atoms with Crippen LogP contribution < -0.4 is 10.4 Å². The highest BCUT2D eigenvalue weighted by atomic mass is 35.5. The topological polar surface area (TPSA) is 82.2 Å². The normalized spacial score (nSPS) is 10.9. The molecule has 0 bridgehead atoms. The Morgan fingerprint density at radius 3 is 2.64 bits per heavy atom. The van der Waals surface area contributed by atoms with Gasteiger partial charge in [0.25, 0.3) is 0 Å². The molecule has 0 aliphatic carbocycles. The number of hydrogen-bond acceptors (Lipinski definition) is 5. The first-order chi connectivity index (χ1) is 11.9. The zero-order valence-corrected chi connectivity index (χ0v) is 14.8. The first-order valence-electron chi connectivity index (χ1n) is 7.58. The Morgan fingerprint density at radius 1 is 1.20 bits per heavy atom. The number of aromatic nitrogens is 4. The van der Waals surface area contributed by atoms with Gasteiger partial charge in [0.1, 0.15) is 18.1 Å². The van der Waals surface area contributed by atoms with Crippen LogP contribution in [0.5, 0.6) is 11.5 Å². The molecule has 7 nitrogen and oxygen atoms in total. The fourth-order valence-electron chi connectivity index (χ4n) is 2.49. The minimum absolute atomic E-state index is 0.00853. The molecule has 0 saturated heterocycles. The quantitative estimate of drug-likeness (QED) is 0.773. The molecule has 1 aromatic heterocycles. The SMILES string of the molecule is Cc1cc(O)c(Cl)cc1OCc1c(C)cccc1-n1nnn(C)c1=O. The highest BCUT2D eigenvalue weighted by molar-refractivity contribution is 6.32. The Balaban J connectivity index is 1.97. The number of phenolic OH excluding ortho intramolecular Hbond substituents is 1. The molecule has 1 N–H and O–H groups in total. The lowest BCUT2D eigenvalue weighted by Crippen LogP contribution is -2.23. The van der Waals surface area contributed by atoms with Crippen LogP contribution in [0.2, 0.25) is 5.02 Å². The largest absolute Gasteiger partial charge is 0.506 e. The van der Waals surface area contributed by atoms with E-state index in [0.29, 0.717) is 11.4 Å². The summed E-state index contributed by atoms with van der Waals surface area (Å²) < 4.78 is 8.28. The standard InChI is InChI=1S/C17H17ClN4O3/c1-10-5-4-6-14(22-17(24)21(3)19-20-22)12(10)9-25-16-8-13(18)15(23)7-11(16)2/h4-8,23H,9H2,1-3H3. The maximum Gasteiger partial charge on any atom is 0.368 e. The van der Waals surface area contributed by atoms with Crippen molar-refractivity contribution in [3.63, 3.8) is 0 Å². The minimum Gasteiger partial charge on any atom is -0.506 e. The molecule has 0 fully saturated rings. The van der Waals surface area contributed by atoms with E-state index in [-0.39, 0.29) is 23.1 Å². The average Bonchev–Trinajstić information content (AvgIpc) is 2.90.